The number of H-pyrrole nitrogens is 1. The molecule has 5 rings (SSSR count). The van der Waals surface area contributed by atoms with Gasteiger partial charge in [-0.1, -0.05) is 103 Å². The van der Waals surface area contributed by atoms with Crippen LogP contribution in [0.2, 0.25) is 0 Å². The van der Waals surface area contributed by atoms with E-state index in [1.54, 1.807) is 7.11 Å². The minimum atomic E-state index is -0.129. The van der Waals surface area contributed by atoms with Crippen molar-refractivity contribution in [3.8, 4) is 39.3 Å². The van der Waals surface area contributed by atoms with E-state index in [2.05, 4.69) is 46.7 Å². The Morgan fingerprint density at radius 2 is 1.25 bits per heavy atom. The number of hydrogen-bond donors (Lipinski definition) is 2. The molecule has 4 aromatic carbocycles. The molecule has 2 N–H and O–H groups in total. The molecule has 0 aliphatic carbocycles. The Kier molecular flexibility index (Phi) is 6.95. The number of aromatic nitrogens is 1. The van der Waals surface area contributed by atoms with E-state index in [1.807, 2.05) is 78.9 Å². The lowest BCUT2D eigenvalue weighted by molar-refractivity contribution is 0.0950. The van der Waals surface area contributed by atoms with E-state index in [4.69, 9.17) is 4.74 Å². The van der Waals surface area contributed by atoms with Crippen LogP contribution in [0.1, 0.15) is 16.1 Å². The molecule has 0 atom stereocenters. The van der Waals surface area contributed by atoms with Crippen molar-refractivity contribution in [1.82, 2.24) is 10.3 Å². The standard InChI is InChI=1S/C32H28N2O2/c1-36-27-19-17-25(18-20-27)29-28(24-13-7-3-8-14-24)30(26-15-9-4-10-16-26)34-31(29)32(35)33-22-21-23-11-5-2-6-12-23/h2-20,34H,21-22H2,1H3,(H,33,35). The molecule has 0 saturated carbocycles. The Morgan fingerprint density at radius 1 is 0.694 bits per heavy atom. The quantitative estimate of drug-likeness (QED) is 0.256. The second-order valence-corrected chi connectivity index (χ2v) is 8.58. The van der Waals surface area contributed by atoms with Gasteiger partial charge in [0.25, 0.3) is 5.91 Å². The van der Waals surface area contributed by atoms with Crippen LogP contribution in [0, 0.1) is 0 Å². The van der Waals surface area contributed by atoms with Crippen LogP contribution in [0.15, 0.2) is 115 Å². The fourth-order valence-corrected chi connectivity index (χ4v) is 4.48. The molecule has 1 amide bonds. The zero-order chi connectivity index (χ0) is 24.7. The highest BCUT2D eigenvalue weighted by atomic mass is 16.5. The first-order valence-electron chi connectivity index (χ1n) is 12.1. The van der Waals surface area contributed by atoms with E-state index in [9.17, 15) is 4.79 Å². The maximum absolute atomic E-state index is 13.6. The van der Waals surface area contributed by atoms with Crippen molar-refractivity contribution in [3.63, 3.8) is 0 Å². The van der Waals surface area contributed by atoms with Gasteiger partial charge < -0.3 is 15.0 Å². The summed E-state index contributed by atoms with van der Waals surface area (Å²) in [6, 6.07) is 38.4. The summed E-state index contributed by atoms with van der Waals surface area (Å²) in [4.78, 5) is 17.1. The molecule has 0 aliphatic heterocycles. The van der Waals surface area contributed by atoms with Gasteiger partial charge in [-0.25, -0.2) is 0 Å². The SMILES string of the molecule is COc1ccc(-c2c(C(=O)NCCc3ccccc3)[nH]c(-c3ccccc3)c2-c2ccccc2)cc1. The second-order valence-electron chi connectivity index (χ2n) is 8.58. The molecule has 4 nitrogen and oxygen atoms in total. The van der Waals surface area contributed by atoms with Crippen molar-refractivity contribution in [3.05, 3.63) is 127 Å². The normalized spacial score (nSPS) is 10.7. The predicted molar refractivity (Wildman–Crippen MR) is 146 cm³/mol. The van der Waals surface area contributed by atoms with E-state index in [-0.39, 0.29) is 5.91 Å². The van der Waals surface area contributed by atoms with Gasteiger partial charge in [0.05, 0.1) is 12.8 Å². The van der Waals surface area contributed by atoms with Gasteiger partial charge in [0, 0.05) is 17.7 Å². The van der Waals surface area contributed by atoms with Crippen molar-refractivity contribution in [2.75, 3.05) is 13.7 Å². The molecule has 1 aromatic heterocycles. The van der Waals surface area contributed by atoms with Gasteiger partial charge in [-0.15, -0.1) is 0 Å². The smallest absolute Gasteiger partial charge is 0.268 e. The van der Waals surface area contributed by atoms with Crippen LogP contribution in [-0.2, 0) is 6.42 Å². The first-order valence-corrected chi connectivity index (χ1v) is 12.1. The predicted octanol–water partition coefficient (Wildman–Crippen LogP) is 7.00. The molecule has 0 saturated heterocycles. The van der Waals surface area contributed by atoms with Crippen molar-refractivity contribution >= 4 is 5.91 Å². The van der Waals surface area contributed by atoms with E-state index < -0.39 is 0 Å². The first kappa shape index (κ1) is 23.2. The van der Waals surface area contributed by atoms with Gasteiger partial charge in [-0.05, 0) is 40.8 Å². The summed E-state index contributed by atoms with van der Waals surface area (Å²) < 4.78 is 5.38. The van der Waals surface area contributed by atoms with Gasteiger partial charge in [-0.2, -0.15) is 0 Å². The van der Waals surface area contributed by atoms with Crippen LogP contribution in [0.4, 0.5) is 0 Å². The number of carbonyl (C=O) groups excluding carboxylic acids is 1. The molecule has 0 aliphatic rings. The monoisotopic (exact) mass is 472 g/mol. The van der Waals surface area contributed by atoms with Crippen molar-refractivity contribution in [2.24, 2.45) is 0 Å². The molecule has 178 valence electrons. The molecule has 0 unspecified atom stereocenters. The molecular weight excluding hydrogens is 444 g/mol. The average molecular weight is 473 g/mol. The average Bonchev–Trinajstić information content (AvgIpc) is 3.35. The Morgan fingerprint density at radius 3 is 1.86 bits per heavy atom. The fourth-order valence-electron chi connectivity index (χ4n) is 4.48. The zero-order valence-corrected chi connectivity index (χ0v) is 20.2. The molecule has 36 heavy (non-hydrogen) atoms. The Labute approximate surface area is 211 Å². The fraction of sp³-hybridized carbons (Fsp3) is 0.0938. The molecular formula is C32H28N2O2. The van der Waals surface area contributed by atoms with Crippen molar-refractivity contribution < 1.29 is 9.53 Å². The molecule has 1 heterocycles. The highest BCUT2D eigenvalue weighted by Crippen LogP contribution is 2.42. The number of hydrogen-bond acceptors (Lipinski definition) is 2. The Bertz CT molecular complexity index is 1420. The van der Waals surface area contributed by atoms with E-state index in [1.165, 1.54) is 5.56 Å². The Hall–Kier alpha value is -4.57. The van der Waals surface area contributed by atoms with Crippen LogP contribution in [0.5, 0.6) is 5.75 Å². The van der Waals surface area contributed by atoms with Crippen molar-refractivity contribution in [1.29, 1.82) is 0 Å². The van der Waals surface area contributed by atoms with Crippen LogP contribution in [0.25, 0.3) is 33.5 Å². The lowest BCUT2D eigenvalue weighted by atomic mass is 9.92. The molecule has 0 fully saturated rings. The van der Waals surface area contributed by atoms with Crippen molar-refractivity contribution in [2.45, 2.75) is 6.42 Å². The summed E-state index contributed by atoms with van der Waals surface area (Å²) in [5.74, 6) is 0.642. The number of methoxy groups -OCH3 is 1. The number of carbonyl (C=O) groups is 1. The molecule has 0 radical (unpaired) electrons. The summed E-state index contributed by atoms with van der Waals surface area (Å²) in [5, 5.41) is 3.13. The third-order valence-corrected chi connectivity index (χ3v) is 6.27. The van der Waals surface area contributed by atoms with Crippen LogP contribution in [-0.4, -0.2) is 24.5 Å². The summed E-state index contributed by atoms with van der Waals surface area (Å²) in [6.07, 6.45) is 0.766. The van der Waals surface area contributed by atoms with E-state index in [0.29, 0.717) is 12.2 Å². The highest BCUT2D eigenvalue weighted by Gasteiger charge is 2.25. The van der Waals surface area contributed by atoms with E-state index in [0.717, 1.165) is 45.7 Å². The number of nitrogens with one attached hydrogen (secondary N) is 2. The minimum absolute atomic E-state index is 0.129. The highest BCUT2D eigenvalue weighted by molar-refractivity contribution is 6.07. The zero-order valence-electron chi connectivity index (χ0n) is 20.2. The van der Waals surface area contributed by atoms with Gasteiger partial charge in [0.15, 0.2) is 0 Å². The minimum Gasteiger partial charge on any atom is -0.497 e. The third kappa shape index (κ3) is 4.93. The van der Waals surface area contributed by atoms with Gasteiger partial charge >= 0.3 is 0 Å². The lowest BCUT2D eigenvalue weighted by Crippen LogP contribution is -2.26. The molecule has 5 aromatic rings. The summed E-state index contributed by atoms with van der Waals surface area (Å²) in [7, 11) is 1.65. The van der Waals surface area contributed by atoms with Gasteiger partial charge in [0.2, 0.25) is 0 Å². The number of benzene rings is 4. The Balaban J connectivity index is 1.62. The molecule has 0 bridgehead atoms. The second kappa shape index (κ2) is 10.8. The van der Waals surface area contributed by atoms with Gasteiger partial charge in [0.1, 0.15) is 11.4 Å². The molecule has 4 heteroatoms. The van der Waals surface area contributed by atoms with Crippen LogP contribution >= 0.6 is 0 Å². The lowest BCUT2D eigenvalue weighted by Gasteiger charge is -2.11. The first-order chi connectivity index (χ1) is 17.7. The maximum Gasteiger partial charge on any atom is 0.268 e. The van der Waals surface area contributed by atoms with Gasteiger partial charge in [-0.3, -0.25) is 4.79 Å². The number of ether oxygens (including phenoxy) is 1. The number of amides is 1. The van der Waals surface area contributed by atoms with Crippen LogP contribution < -0.4 is 10.1 Å². The topological polar surface area (TPSA) is 54.1 Å². The third-order valence-electron chi connectivity index (χ3n) is 6.27. The van der Waals surface area contributed by atoms with Crippen LogP contribution in [0.3, 0.4) is 0 Å². The number of aromatic amines is 1. The summed E-state index contributed by atoms with van der Waals surface area (Å²) >= 11 is 0. The summed E-state index contributed by atoms with van der Waals surface area (Å²) in [5.41, 5.74) is 7.54. The van der Waals surface area contributed by atoms with E-state index >= 15 is 0 Å². The molecule has 0 spiro atoms. The maximum atomic E-state index is 13.6. The summed E-state index contributed by atoms with van der Waals surface area (Å²) in [6.45, 7) is 0.547. The number of rotatable bonds is 8. The largest absolute Gasteiger partial charge is 0.497 e.